The molecule has 0 amide bonds. The van der Waals surface area contributed by atoms with Crippen molar-refractivity contribution < 1.29 is 4.39 Å². The summed E-state index contributed by atoms with van der Waals surface area (Å²) < 4.78 is 14.8. The average molecular weight is 193 g/mol. The fraction of sp³-hybridized carbons (Fsp3) is 0.125. The van der Waals surface area contributed by atoms with Gasteiger partial charge in [-0.25, -0.2) is 4.98 Å². The molecule has 0 bridgehead atoms. The molecule has 14 heavy (non-hydrogen) atoms. The van der Waals surface area contributed by atoms with Gasteiger partial charge in [0, 0.05) is 7.05 Å². The highest BCUT2D eigenvalue weighted by Crippen LogP contribution is 2.19. The van der Waals surface area contributed by atoms with Gasteiger partial charge in [0.05, 0.1) is 11.8 Å². The number of hydrogen-bond donors (Lipinski definition) is 1. The molecule has 0 radical (unpaired) electrons. The number of pyridine rings is 1. The highest BCUT2D eigenvalue weighted by Gasteiger charge is 2.09. The normalized spacial score (nSPS) is 10.4. The molecule has 0 saturated heterocycles. The van der Waals surface area contributed by atoms with E-state index in [1.165, 1.54) is 16.8 Å². The second-order valence-corrected chi connectivity index (χ2v) is 2.85. The number of rotatable bonds is 1. The number of hydrogen-bond acceptors (Lipinski definition) is 4. The molecule has 0 aliphatic rings. The first-order chi connectivity index (χ1) is 6.66. The Bertz CT molecular complexity index is 465. The number of nitrogens with two attached hydrogens (primary N) is 1. The van der Waals surface area contributed by atoms with E-state index in [2.05, 4.69) is 15.3 Å². The van der Waals surface area contributed by atoms with Crippen LogP contribution in [0.5, 0.6) is 0 Å². The summed E-state index contributed by atoms with van der Waals surface area (Å²) in [6, 6.07) is 3.05. The van der Waals surface area contributed by atoms with Crippen molar-refractivity contribution in [3.05, 3.63) is 24.3 Å². The zero-order valence-electron chi connectivity index (χ0n) is 7.48. The molecule has 2 rings (SSSR count). The van der Waals surface area contributed by atoms with Crippen molar-refractivity contribution in [1.29, 1.82) is 0 Å². The zero-order valence-corrected chi connectivity index (χ0v) is 7.48. The largest absolute Gasteiger partial charge is 0.384 e. The lowest BCUT2D eigenvalue weighted by Crippen LogP contribution is -1.95. The van der Waals surface area contributed by atoms with Crippen molar-refractivity contribution in [2.45, 2.75) is 0 Å². The Hall–Kier alpha value is -1.98. The third kappa shape index (κ3) is 1.41. The van der Waals surface area contributed by atoms with E-state index in [9.17, 15) is 4.39 Å². The van der Waals surface area contributed by atoms with Crippen LogP contribution in [0.3, 0.4) is 0 Å². The van der Waals surface area contributed by atoms with Crippen molar-refractivity contribution in [1.82, 2.24) is 20.0 Å². The Morgan fingerprint density at radius 1 is 1.43 bits per heavy atom. The Morgan fingerprint density at radius 3 is 2.79 bits per heavy atom. The van der Waals surface area contributed by atoms with Crippen LogP contribution >= 0.6 is 0 Å². The molecule has 0 aliphatic carbocycles. The van der Waals surface area contributed by atoms with Crippen LogP contribution in [0.1, 0.15) is 0 Å². The molecule has 0 fully saturated rings. The third-order valence-electron chi connectivity index (χ3n) is 1.75. The summed E-state index contributed by atoms with van der Waals surface area (Å²) in [5.41, 5.74) is 6.06. The number of halogens is 1. The van der Waals surface area contributed by atoms with Crippen LogP contribution in [0.2, 0.25) is 0 Å². The van der Waals surface area contributed by atoms with Crippen LogP contribution in [0.4, 0.5) is 10.2 Å². The summed E-state index contributed by atoms with van der Waals surface area (Å²) in [7, 11) is 1.71. The van der Waals surface area contributed by atoms with Crippen LogP contribution in [-0.4, -0.2) is 20.0 Å². The van der Waals surface area contributed by atoms with Gasteiger partial charge in [0.1, 0.15) is 11.5 Å². The summed E-state index contributed by atoms with van der Waals surface area (Å²) >= 11 is 0. The Morgan fingerprint density at radius 2 is 2.21 bits per heavy atom. The van der Waals surface area contributed by atoms with E-state index in [0.29, 0.717) is 11.3 Å². The van der Waals surface area contributed by atoms with Crippen LogP contribution < -0.4 is 5.73 Å². The van der Waals surface area contributed by atoms with Crippen molar-refractivity contribution in [3.8, 4) is 11.3 Å². The van der Waals surface area contributed by atoms with Crippen molar-refractivity contribution >= 4 is 5.82 Å². The lowest BCUT2D eigenvalue weighted by Gasteiger charge is -1.97. The van der Waals surface area contributed by atoms with Crippen LogP contribution in [0.25, 0.3) is 11.3 Å². The van der Waals surface area contributed by atoms with Gasteiger partial charge in [0.15, 0.2) is 0 Å². The number of nitrogen functional groups attached to an aromatic ring is 1. The maximum Gasteiger partial charge on any atom is 0.224 e. The molecule has 5 nitrogen and oxygen atoms in total. The van der Waals surface area contributed by atoms with E-state index in [4.69, 9.17) is 5.73 Å². The van der Waals surface area contributed by atoms with Gasteiger partial charge in [0.2, 0.25) is 5.95 Å². The Balaban J connectivity index is 2.52. The van der Waals surface area contributed by atoms with Gasteiger partial charge in [-0.3, -0.25) is 4.68 Å². The standard InChI is InChI=1S/C8H8FN5/c1-14-4-6(12-13-14)5-2-3-7(10)11-8(5)9/h2-4H,1H3,(H2,10,11). The average Bonchev–Trinajstić information content (AvgIpc) is 2.51. The molecule has 0 aromatic carbocycles. The van der Waals surface area contributed by atoms with Gasteiger partial charge in [-0.15, -0.1) is 5.10 Å². The lowest BCUT2D eigenvalue weighted by molar-refractivity contribution is 0.589. The van der Waals surface area contributed by atoms with Gasteiger partial charge in [-0.2, -0.15) is 4.39 Å². The monoisotopic (exact) mass is 193 g/mol. The number of aromatic nitrogens is 4. The van der Waals surface area contributed by atoms with E-state index < -0.39 is 5.95 Å². The maximum atomic E-state index is 13.3. The molecule has 0 saturated carbocycles. The van der Waals surface area contributed by atoms with Crippen molar-refractivity contribution in [2.75, 3.05) is 5.73 Å². The third-order valence-corrected chi connectivity index (χ3v) is 1.75. The second-order valence-electron chi connectivity index (χ2n) is 2.85. The number of aryl methyl sites for hydroxylation is 1. The van der Waals surface area contributed by atoms with Gasteiger partial charge in [-0.1, -0.05) is 5.21 Å². The van der Waals surface area contributed by atoms with Crippen molar-refractivity contribution in [3.63, 3.8) is 0 Å². The van der Waals surface area contributed by atoms with Crippen molar-refractivity contribution in [2.24, 2.45) is 7.05 Å². The second kappa shape index (κ2) is 3.06. The van der Waals surface area contributed by atoms with E-state index in [1.54, 1.807) is 13.2 Å². The SMILES string of the molecule is Cn1cc(-c2ccc(N)nc2F)nn1. The van der Waals surface area contributed by atoms with Gasteiger partial charge < -0.3 is 5.73 Å². The number of anilines is 1. The molecule has 2 N–H and O–H groups in total. The molecule has 0 aliphatic heterocycles. The summed E-state index contributed by atoms with van der Waals surface area (Å²) in [4.78, 5) is 3.49. The Labute approximate surface area is 79.4 Å². The molecule has 2 aromatic rings. The molecule has 0 atom stereocenters. The van der Waals surface area contributed by atoms with E-state index in [-0.39, 0.29) is 5.82 Å². The minimum Gasteiger partial charge on any atom is -0.384 e. The van der Waals surface area contributed by atoms with E-state index in [1.807, 2.05) is 0 Å². The smallest absolute Gasteiger partial charge is 0.224 e. The first kappa shape index (κ1) is 8.61. The molecule has 6 heteroatoms. The first-order valence-corrected chi connectivity index (χ1v) is 3.95. The fourth-order valence-corrected chi connectivity index (χ4v) is 1.11. The highest BCUT2D eigenvalue weighted by molar-refractivity contribution is 5.58. The fourth-order valence-electron chi connectivity index (χ4n) is 1.11. The number of nitrogens with zero attached hydrogens (tertiary/aromatic N) is 4. The lowest BCUT2D eigenvalue weighted by atomic mass is 10.2. The molecular formula is C8H8FN5. The predicted octanol–water partition coefficient (Wildman–Crippen LogP) is 0.598. The summed E-state index contributed by atoms with van der Waals surface area (Å²) in [6.45, 7) is 0. The quantitative estimate of drug-likeness (QED) is 0.673. The summed E-state index contributed by atoms with van der Waals surface area (Å²) in [6.07, 6.45) is 1.61. The van der Waals surface area contributed by atoms with Gasteiger partial charge in [0.25, 0.3) is 0 Å². The van der Waals surface area contributed by atoms with Gasteiger partial charge >= 0.3 is 0 Å². The Kier molecular flexibility index (Phi) is 1.88. The van der Waals surface area contributed by atoms with Gasteiger partial charge in [-0.05, 0) is 12.1 Å². The predicted molar refractivity (Wildman–Crippen MR) is 48.6 cm³/mol. The maximum absolute atomic E-state index is 13.3. The summed E-state index contributed by atoms with van der Waals surface area (Å²) in [5.74, 6) is -0.486. The molecule has 0 unspecified atom stereocenters. The van der Waals surface area contributed by atoms with E-state index >= 15 is 0 Å². The minimum atomic E-state index is -0.634. The molecular weight excluding hydrogens is 185 g/mol. The highest BCUT2D eigenvalue weighted by atomic mass is 19.1. The molecule has 0 spiro atoms. The summed E-state index contributed by atoms with van der Waals surface area (Å²) in [5, 5.41) is 7.47. The topological polar surface area (TPSA) is 69.6 Å². The molecule has 72 valence electrons. The first-order valence-electron chi connectivity index (χ1n) is 3.95. The van der Waals surface area contributed by atoms with Crippen LogP contribution in [0.15, 0.2) is 18.3 Å². The van der Waals surface area contributed by atoms with E-state index in [0.717, 1.165) is 0 Å². The van der Waals surface area contributed by atoms with Crippen LogP contribution in [-0.2, 0) is 7.05 Å². The zero-order chi connectivity index (χ0) is 10.1. The van der Waals surface area contributed by atoms with Crippen LogP contribution in [0, 0.1) is 5.95 Å². The minimum absolute atomic E-state index is 0.148. The molecule has 2 aromatic heterocycles. The molecule has 2 heterocycles.